The first-order valence-corrected chi connectivity index (χ1v) is 7.61. The predicted molar refractivity (Wildman–Crippen MR) is 96.7 cm³/mol. The highest BCUT2D eigenvalue weighted by Gasteiger charge is 2.13. The van der Waals surface area contributed by atoms with Crippen molar-refractivity contribution in [1.82, 2.24) is 5.43 Å². The molecule has 1 amide bonds. The van der Waals surface area contributed by atoms with Crippen molar-refractivity contribution in [3.63, 3.8) is 0 Å². The second-order valence-electron chi connectivity index (χ2n) is 5.33. The number of hydrogen-bond donors (Lipinski definition) is 1. The van der Waals surface area contributed by atoms with Crippen LogP contribution in [0.5, 0.6) is 5.75 Å². The number of carbonyl (C=O) groups is 1. The van der Waals surface area contributed by atoms with Crippen LogP contribution < -0.4 is 10.2 Å². The van der Waals surface area contributed by atoms with Gasteiger partial charge in [-0.05, 0) is 40.6 Å². The molecule has 0 heterocycles. The molecule has 3 rings (SSSR count). The number of nitriles is 1. The third-order valence-electron chi connectivity index (χ3n) is 3.73. The van der Waals surface area contributed by atoms with E-state index in [1.54, 1.807) is 30.3 Å². The molecular formula is C20H15N3O2. The minimum atomic E-state index is -0.354. The van der Waals surface area contributed by atoms with Crippen LogP contribution in [0.25, 0.3) is 10.8 Å². The first-order valence-electron chi connectivity index (χ1n) is 7.61. The van der Waals surface area contributed by atoms with Gasteiger partial charge in [0.1, 0.15) is 5.75 Å². The summed E-state index contributed by atoms with van der Waals surface area (Å²) in [6, 6.07) is 20.3. The van der Waals surface area contributed by atoms with Gasteiger partial charge in [0.2, 0.25) is 0 Å². The van der Waals surface area contributed by atoms with E-state index in [1.807, 2.05) is 36.4 Å². The molecule has 0 aliphatic heterocycles. The molecule has 3 aromatic carbocycles. The predicted octanol–water partition coefficient (Wildman–Crippen LogP) is 3.48. The number of ether oxygens (including phenoxy) is 1. The minimum Gasteiger partial charge on any atom is -0.496 e. The first-order chi connectivity index (χ1) is 12.2. The maximum Gasteiger partial charge on any atom is 0.275 e. The summed E-state index contributed by atoms with van der Waals surface area (Å²) >= 11 is 0. The van der Waals surface area contributed by atoms with Gasteiger partial charge >= 0.3 is 0 Å². The fourth-order valence-electron chi connectivity index (χ4n) is 2.44. The van der Waals surface area contributed by atoms with Crippen molar-refractivity contribution in [3.8, 4) is 11.8 Å². The molecule has 25 heavy (non-hydrogen) atoms. The average Bonchev–Trinajstić information content (AvgIpc) is 2.67. The van der Waals surface area contributed by atoms with Crippen LogP contribution in [0.3, 0.4) is 0 Å². The zero-order chi connectivity index (χ0) is 17.6. The van der Waals surface area contributed by atoms with Gasteiger partial charge in [0, 0.05) is 0 Å². The molecule has 3 aromatic rings. The summed E-state index contributed by atoms with van der Waals surface area (Å²) in [5, 5.41) is 14.7. The lowest BCUT2D eigenvalue weighted by Crippen LogP contribution is -2.18. The van der Waals surface area contributed by atoms with Gasteiger partial charge in [-0.3, -0.25) is 4.79 Å². The second-order valence-corrected chi connectivity index (χ2v) is 5.33. The lowest BCUT2D eigenvalue weighted by atomic mass is 10.1. The molecule has 0 fully saturated rings. The highest BCUT2D eigenvalue weighted by atomic mass is 16.5. The first kappa shape index (κ1) is 16.2. The smallest absolute Gasteiger partial charge is 0.275 e. The summed E-state index contributed by atoms with van der Waals surface area (Å²) in [7, 11) is 1.53. The summed E-state index contributed by atoms with van der Waals surface area (Å²) < 4.78 is 5.32. The Hall–Kier alpha value is -3.65. The lowest BCUT2D eigenvalue weighted by Gasteiger charge is -2.09. The van der Waals surface area contributed by atoms with Crippen molar-refractivity contribution in [2.75, 3.05) is 7.11 Å². The second kappa shape index (κ2) is 7.28. The Balaban J connectivity index is 1.79. The number of amides is 1. The van der Waals surface area contributed by atoms with Gasteiger partial charge < -0.3 is 4.74 Å². The van der Waals surface area contributed by atoms with Gasteiger partial charge in [-0.2, -0.15) is 10.4 Å². The van der Waals surface area contributed by atoms with Crippen molar-refractivity contribution in [3.05, 3.63) is 77.4 Å². The van der Waals surface area contributed by atoms with E-state index in [0.717, 1.165) is 16.3 Å². The maximum absolute atomic E-state index is 12.4. The summed E-state index contributed by atoms with van der Waals surface area (Å²) in [4.78, 5) is 12.4. The number of benzene rings is 3. The molecule has 0 radical (unpaired) electrons. The van der Waals surface area contributed by atoms with Crippen molar-refractivity contribution in [2.24, 2.45) is 5.10 Å². The molecule has 0 spiro atoms. The van der Waals surface area contributed by atoms with E-state index >= 15 is 0 Å². The molecule has 5 heteroatoms. The van der Waals surface area contributed by atoms with E-state index in [2.05, 4.69) is 10.5 Å². The third kappa shape index (κ3) is 3.65. The summed E-state index contributed by atoms with van der Waals surface area (Å²) in [5.41, 5.74) is 4.27. The van der Waals surface area contributed by atoms with Gasteiger partial charge in [-0.1, -0.05) is 36.4 Å². The number of hydrazone groups is 1. The average molecular weight is 329 g/mol. The fourth-order valence-corrected chi connectivity index (χ4v) is 2.44. The minimum absolute atomic E-state index is 0.354. The van der Waals surface area contributed by atoms with Crippen LogP contribution in [0.4, 0.5) is 0 Å². The summed E-state index contributed by atoms with van der Waals surface area (Å²) in [6.45, 7) is 0. The Morgan fingerprint density at radius 3 is 2.44 bits per heavy atom. The summed E-state index contributed by atoms with van der Waals surface area (Å²) in [6.07, 6.45) is 1.52. The molecule has 0 aliphatic rings. The Bertz CT molecular complexity index is 986. The number of carbonyl (C=O) groups excluding carboxylic acids is 1. The number of rotatable bonds is 4. The zero-order valence-electron chi connectivity index (χ0n) is 13.6. The number of fused-ring (bicyclic) bond motifs is 1. The van der Waals surface area contributed by atoms with Crippen LogP contribution in [-0.2, 0) is 0 Å². The molecule has 5 nitrogen and oxygen atoms in total. The number of hydrogen-bond acceptors (Lipinski definition) is 4. The van der Waals surface area contributed by atoms with E-state index in [1.165, 1.54) is 13.3 Å². The van der Waals surface area contributed by atoms with Crippen LogP contribution in [0.2, 0.25) is 0 Å². The van der Waals surface area contributed by atoms with E-state index in [9.17, 15) is 4.79 Å². The topological polar surface area (TPSA) is 74.5 Å². The van der Waals surface area contributed by atoms with Gasteiger partial charge in [-0.25, -0.2) is 5.43 Å². The Kier molecular flexibility index (Phi) is 4.72. The van der Waals surface area contributed by atoms with Gasteiger partial charge in [0.15, 0.2) is 0 Å². The van der Waals surface area contributed by atoms with Crippen LogP contribution in [0.1, 0.15) is 21.5 Å². The van der Waals surface area contributed by atoms with E-state index in [4.69, 9.17) is 10.00 Å². The largest absolute Gasteiger partial charge is 0.496 e. The standard InChI is InChI=1S/C20H15N3O2/c1-25-19-11-17-5-3-2-4-16(17)10-18(19)20(24)23-22-13-15-8-6-14(12-21)7-9-15/h2-11,13H,1H3,(H,23,24)/b22-13-. The van der Waals surface area contributed by atoms with E-state index in [-0.39, 0.29) is 5.91 Å². The molecule has 0 atom stereocenters. The molecule has 122 valence electrons. The maximum atomic E-state index is 12.4. The molecule has 0 aliphatic carbocycles. The molecule has 0 aromatic heterocycles. The summed E-state index contributed by atoms with van der Waals surface area (Å²) in [5.74, 6) is 0.136. The van der Waals surface area contributed by atoms with Crippen LogP contribution in [0, 0.1) is 11.3 Å². The van der Waals surface area contributed by atoms with Crippen molar-refractivity contribution in [1.29, 1.82) is 5.26 Å². The SMILES string of the molecule is COc1cc2ccccc2cc1C(=O)N/N=C\c1ccc(C#N)cc1. The third-order valence-corrected chi connectivity index (χ3v) is 3.73. The Morgan fingerprint density at radius 1 is 1.12 bits per heavy atom. The van der Waals surface area contributed by atoms with Crippen molar-refractivity contribution >= 4 is 22.9 Å². The van der Waals surface area contributed by atoms with Crippen molar-refractivity contribution < 1.29 is 9.53 Å². The number of methoxy groups -OCH3 is 1. The number of nitrogens with one attached hydrogen (secondary N) is 1. The van der Waals surface area contributed by atoms with Crippen molar-refractivity contribution in [2.45, 2.75) is 0 Å². The molecular weight excluding hydrogens is 314 g/mol. The molecule has 0 saturated carbocycles. The van der Waals surface area contributed by atoms with Crippen LogP contribution >= 0.6 is 0 Å². The van der Waals surface area contributed by atoms with E-state index < -0.39 is 0 Å². The van der Waals surface area contributed by atoms with Gasteiger partial charge in [0.05, 0.1) is 30.5 Å². The quantitative estimate of drug-likeness (QED) is 0.588. The number of nitrogens with zero attached hydrogens (tertiary/aromatic N) is 2. The van der Waals surface area contributed by atoms with Crippen LogP contribution in [0.15, 0.2) is 65.8 Å². The Morgan fingerprint density at radius 2 is 1.80 bits per heavy atom. The lowest BCUT2D eigenvalue weighted by molar-refractivity contribution is 0.0952. The molecule has 1 N–H and O–H groups in total. The Labute approximate surface area is 145 Å². The normalized spacial score (nSPS) is 10.6. The van der Waals surface area contributed by atoms with Gasteiger partial charge in [0.25, 0.3) is 5.91 Å². The molecule has 0 unspecified atom stereocenters. The highest BCUT2D eigenvalue weighted by molar-refractivity contribution is 6.01. The monoisotopic (exact) mass is 329 g/mol. The highest BCUT2D eigenvalue weighted by Crippen LogP contribution is 2.25. The van der Waals surface area contributed by atoms with Gasteiger partial charge in [-0.15, -0.1) is 0 Å². The molecule has 0 saturated heterocycles. The molecule has 0 bridgehead atoms. The fraction of sp³-hybridized carbons (Fsp3) is 0.0500. The van der Waals surface area contributed by atoms with E-state index in [0.29, 0.717) is 16.9 Å². The zero-order valence-corrected chi connectivity index (χ0v) is 13.6. The van der Waals surface area contributed by atoms with Crippen LogP contribution in [-0.4, -0.2) is 19.2 Å².